The van der Waals surface area contributed by atoms with Crippen LogP contribution in [0.4, 0.5) is 0 Å². The summed E-state index contributed by atoms with van der Waals surface area (Å²) in [6, 6.07) is 67.5. The van der Waals surface area contributed by atoms with Crippen molar-refractivity contribution in [3.8, 4) is 62.1 Å². The van der Waals surface area contributed by atoms with Crippen LogP contribution in [0.5, 0.6) is 0 Å². The maximum atomic E-state index is 6.79. The molecular weight excluding hydrogens is 685 g/mol. The zero-order valence-electron chi connectivity index (χ0n) is 30.2. The van der Waals surface area contributed by atoms with Crippen molar-refractivity contribution >= 4 is 43.7 Å². The third kappa shape index (κ3) is 5.37. The summed E-state index contributed by atoms with van der Waals surface area (Å²) in [7, 11) is 0. The molecule has 262 valence electrons. The predicted molar refractivity (Wildman–Crippen MR) is 229 cm³/mol. The Morgan fingerprint density at radius 2 is 0.911 bits per heavy atom. The van der Waals surface area contributed by atoms with Gasteiger partial charge in [0, 0.05) is 49.5 Å². The number of hydrogen-bond acceptors (Lipinski definition) is 4. The number of nitrogens with zero attached hydrogens (tertiary/aromatic N) is 4. The second-order valence-electron chi connectivity index (χ2n) is 14.0. The Morgan fingerprint density at radius 3 is 1.59 bits per heavy atom. The highest BCUT2D eigenvalue weighted by Gasteiger charge is 2.19. The Bertz CT molecular complexity index is 3170. The minimum atomic E-state index is 0.593. The highest BCUT2D eigenvalue weighted by molar-refractivity contribution is 6.14. The van der Waals surface area contributed by atoms with E-state index in [0.717, 1.165) is 61.0 Å². The van der Waals surface area contributed by atoms with Gasteiger partial charge in [-0.3, -0.25) is 0 Å². The van der Waals surface area contributed by atoms with Crippen LogP contribution in [0.1, 0.15) is 0 Å². The third-order valence-electron chi connectivity index (χ3n) is 10.7. The number of hydrogen-bond donors (Lipinski definition) is 0. The largest absolute Gasteiger partial charge is 0.455 e. The van der Waals surface area contributed by atoms with E-state index in [0.29, 0.717) is 17.5 Å². The second-order valence-corrected chi connectivity index (χ2v) is 14.0. The normalized spacial score (nSPS) is 11.6. The zero-order valence-corrected chi connectivity index (χ0v) is 30.2. The zero-order chi connectivity index (χ0) is 37.0. The van der Waals surface area contributed by atoms with Crippen LogP contribution in [0.25, 0.3) is 106 Å². The van der Waals surface area contributed by atoms with Crippen molar-refractivity contribution in [3.05, 3.63) is 194 Å². The quantitative estimate of drug-likeness (QED) is 0.172. The molecule has 3 heterocycles. The molecule has 0 aliphatic heterocycles. The smallest absolute Gasteiger partial charge is 0.164 e. The van der Waals surface area contributed by atoms with Gasteiger partial charge in [-0.2, -0.15) is 0 Å². The van der Waals surface area contributed by atoms with E-state index in [1.807, 2.05) is 60.7 Å². The van der Waals surface area contributed by atoms with Gasteiger partial charge in [-0.05, 0) is 59.2 Å². The van der Waals surface area contributed by atoms with E-state index in [-0.39, 0.29) is 0 Å². The topological polar surface area (TPSA) is 56.7 Å². The molecule has 0 saturated heterocycles. The molecule has 0 aliphatic carbocycles. The van der Waals surface area contributed by atoms with Gasteiger partial charge in [0.15, 0.2) is 17.5 Å². The molecule has 0 unspecified atom stereocenters. The van der Waals surface area contributed by atoms with Gasteiger partial charge in [-0.25, -0.2) is 15.0 Å². The Balaban J connectivity index is 1.06. The number of furan rings is 1. The SMILES string of the molecule is c1ccc(-c2ccc3c4cc(-c5cccc6c5oc5cc(-c7nc(-c8ccccc8)nc(-c8ccccc8)n7)ccc56)ccc4n(-c4ccccc4)c3c2)cc1. The van der Waals surface area contributed by atoms with Gasteiger partial charge in [0.1, 0.15) is 11.2 Å². The van der Waals surface area contributed by atoms with Crippen molar-refractivity contribution in [2.45, 2.75) is 0 Å². The minimum absolute atomic E-state index is 0.593. The summed E-state index contributed by atoms with van der Waals surface area (Å²) in [5.41, 5.74) is 12.3. The van der Waals surface area contributed by atoms with Crippen LogP contribution in [-0.2, 0) is 0 Å². The molecule has 0 radical (unpaired) electrons. The van der Waals surface area contributed by atoms with Crippen LogP contribution in [0.3, 0.4) is 0 Å². The van der Waals surface area contributed by atoms with Crippen molar-refractivity contribution in [1.82, 2.24) is 19.5 Å². The average Bonchev–Trinajstić information content (AvgIpc) is 3.82. The van der Waals surface area contributed by atoms with Crippen molar-refractivity contribution in [1.29, 1.82) is 0 Å². The molecule has 0 saturated carbocycles. The maximum absolute atomic E-state index is 6.79. The maximum Gasteiger partial charge on any atom is 0.164 e. The van der Waals surface area contributed by atoms with Crippen molar-refractivity contribution < 1.29 is 4.42 Å². The molecular formula is C51H32N4O. The van der Waals surface area contributed by atoms with Crippen LogP contribution >= 0.6 is 0 Å². The number of benzene rings is 8. The summed E-state index contributed by atoms with van der Waals surface area (Å²) in [5, 5.41) is 4.50. The van der Waals surface area contributed by atoms with Crippen LogP contribution < -0.4 is 0 Å². The first-order valence-electron chi connectivity index (χ1n) is 18.8. The molecule has 5 nitrogen and oxygen atoms in total. The molecule has 0 spiro atoms. The molecule has 56 heavy (non-hydrogen) atoms. The summed E-state index contributed by atoms with van der Waals surface area (Å²) in [5.74, 6) is 1.85. The highest BCUT2D eigenvalue weighted by Crippen LogP contribution is 2.41. The molecule has 0 aliphatic rings. The Morgan fingerprint density at radius 1 is 0.339 bits per heavy atom. The van der Waals surface area contributed by atoms with E-state index in [9.17, 15) is 0 Å². The molecule has 0 amide bonds. The fourth-order valence-corrected chi connectivity index (χ4v) is 7.96. The summed E-state index contributed by atoms with van der Waals surface area (Å²) < 4.78 is 9.17. The highest BCUT2D eigenvalue weighted by atomic mass is 16.3. The first-order chi connectivity index (χ1) is 27.7. The average molecular weight is 717 g/mol. The fraction of sp³-hybridized carbons (Fsp3) is 0. The summed E-state index contributed by atoms with van der Waals surface area (Å²) in [6.45, 7) is 0. The predicted octanol–water partition coefficient (Wildman–Crippen LogP) is 13.2. The van der Waals surface area contributed by atoms with E-state index < -0.39 is 0 Å². The van der Waals surface area contributed by atoms with E-state index in [2.05, 4.69) is 138 Å². The van der Waals surface area contributed by atoms with Crippen LogP contribution in [0.15, 0.2) is 199 Å². The molecule has 11 rings (SSSR count). The lowest BCUT2D eigenvalue weighted by Crippen LogP contribution is -2.00. The Kier molecular flexibility index (Phi) is 7.42. The minimum Gasteiger partial charge on any atom is -0.455 e. The fourth-order valence-electron chi connectivity index (χ4n) is 7.96. The lowest BCUT2D eigenvalue weighted by atomic mass is 9.99. The number of fused-ring (bicyclic) bond motifs is 6. The number of para-hydroxylation sites is 2. The van der Waals surface area contributed by atoms with Gasteiger partial charge >= 0.3 is 0 Å². The number of aromatic nitrogens is 4. The number of rotatable bonds is 6. The molecule has 0 N–H and O–H groups in total. The van der Waals surface area contributed by atoms with Gasteiger partial charge in [0.05, 0.1) is 11.0 Å². The third-order valence-corrected chi connectivity index (χ3v) is 10.7. The molecule has 3 aromatic heterocycles. The molecule has 5 heteroatoms. The van der Waals surface area contributed by atoms with E-state index in [4.69, 9.17) is 19.4 Å². The van der Waals surface area contributed by atoms with Gasteiger partial charge in [-0.15, -0.1) is 0 Å². The molecule has 0 fully saturated rings. The Hall–Kier alpha value is -7.63. The van der Waals surface area contributed by atoms with E-state index >= 15 is 0 Å². The second kappa shape index (κ2) is 13.0. The van der Waals surface area contributed by atoms with Crippen LogP contribution in [0, 0.1) is 0 Å². The van der Waals surface area contributed by atoms with Crippen LogP contribution in [0.2, 0.25) is 0 Å². The van der Waals surface area contributed by atoms with Crippen molar-refractivity contribution in [2.24, 2.45) is 0 Å². The molecule has 0 bridgehead atoms. The molecule has 8 aromatic carbocycles. The first kappa shape index (κ1) is 31.9. The van der Waals surface area contributed by atoms with E-state index in [1.54, 1.807) is 0 Å². The standard InChI is InChI=1S/C51H32N4O/c1-5-14-33(15-6-1)36-24-27-41-44-30-37(26-29-45(44)55(46(41)31-36)39-20-11-4-12-21-39)40-22-13-23-43-42-28-25-38(32-47(42)56-48(40)43)51-53-49(34-16-7-2-8-17-34)52-50(54-51)35-18-9-3-10-19-35/h1-32H. The molecule has 0 atom stereocenters. The lowest BCUT2D eigenvalue weighted by Gasteiger charge is -2.09. The summed E-state index contributed by atoms with van der Waals surface area (Å²) >= 11 is 0. The first-order valence-corrected chi connectivity index (χ1v) is 18.8. The van der Waals surface area contributed by atoms with Gasteiger partial charge in [0.25, 0.3) is 0 Å². The van der Waals surface area contributed by atoms with E-state index in [1.165, 1.54) is 27.4 Å². The van der Waals surface area contributed by atoms with Crippen LogP contribution in [-0.4, -0.2) is 19.5 Å². The van der Waals surface area contributed by atoms with Crippen molar-refractivity contribution in [3.63, 3.8) is 0 Å². The lowest BCUT2D eigenvalue weighted by molar-refractivity contribution is 0.670. The monoisotopic (exact) mass is 716 g/mol. The van der Waals surface area contributed by atoms with Gasteiger partial charge in [-0.1, -0.05) is 152 Å². The van der Waals surface area contributed by atoms with Gasteiger partial charge in [0.2, 0.25) is 0 Å². The summed E-state index contributed by atoms with van der Waals surface area (Å²) in [4.78, 5) is 14.8. The molecule has 11 aromatic rings. The summed E-state index contributed by atoms with van der Waals surface area (Å²) in [6.07, 6.45) is 0. The Labute approximate surface area is 322 Å². The van der Waals surface area contributed by atoms with Crippen molar-refractivity contribution in [2.75, 3.05) is 0 Å². The van der Waals surface area contributed by atoms with Gasteiger partial charge < -0.3 is 8.98 Å².